The van der Waals surface area contributed by atoms with Gasteiger partial charge >= 0.3 is 0 Å². The Morgan fingerprint density at radius 3 is 1.11 bits per heavy atom. The minimum Gasteiger partial charge on any atom is -0.491 e. The molecule has 3 aliphatic heterocycles. The minimum atomic E-state index is -0.330. The Labute approximate surface area is 218 Å². The van der Waals surface area contributed by atoms with Crippen molar-refractivity contribution in [1.29, 1.82) is 0 Å². The van der Waals surface area contributed by atoms with Crippen molar-refractivity contribution in [1.82, 2.24) is 0 Å². The Hall–Kier alpha value is -3.06. The van der Waals surface area contributed by atoms with Crippen molar-refractivity contribution in [2.45, 2.75) is 43.5 Å². The summed E-state index contributed by atoms with van der Waals surface area (Å²) >= 11 is 0. The maximum absolute atomic E-state index is 5.92. The van der Waals surface area contributed by atoms with Gasteiger partial charge in [0.25, 0.3) is 0 Å². The number of ether oxygens (including phenoxy) is 6. The molecule has 3 heterocycles. The fourth-order valence-corrected chi connectivity index (χ4v) is 4.88. The average Bonchev–Trinajstić information content (AvgIpc) is 3.79. The molecule has 0 aromatic heterocycles. The Bertz CT molecular complexity index is 1000. The average molecular weight is 503 g/mol. The molecule has 0 aliphatic carbocycles. The topological polar surface area (TPSA) is 65.3 Å². The lowest BCUT2D eigenvalue weighted by molar-refractivity contribution is 0.262. The van der Waals surface area contributed by atoms with E-state index in [-0.39, 0.29) is 23.7 Å². The SMILES string of the molecule is CCCC(c1ccc(OCC2CO2)cc1)(c1ccc(OCC2CO2)cc1)c1ccc(OCC2CO2)cc1. The predicted molar refractivity (Wildman–Crippen MR) is 140 cm³/mol. The second kappa shape index (κ2) is 10.7. The van der Waals surface area contributed by atoms with Gasteiger partial charge in [-0.25, -0.2) is 0 Å². The summed E-state index contributed by atoms with van der Waals surface area (Å²) in [6.45, 7) is 6.40. The molecular weight excluding hydrogens is 468 g/mol. The summed E-state index contributed by atoms with van der Waals surface area (Å²) in [5.41, 5.74) is 3.35. The molecule has 0 radical (unpaired) electrons. The highest BCUT2D eigenvalue weighted by atomic mass is 16.6. The first kappa shape index (κ1) is 24.3. The highest BCUT2D eigenvalue weighted by molar-refractivity contribution is 5.53. The largest absolute Gasteiger partial charge is 0.491 e. The van der Waals surface area contributed by atoms with Crippen LogP contribution in [0.5, 0.6) is 17.2 Å². The van der Waals surface area contributed by atoms with E-state index in [9.17, 15) is 0 Å². The summed E-state index contributed by atoms with van der Waals surface area (Å²) in [5.74, 6) is 2.59. The second-order valence-electron chi connectivity index (χ2n) is 10.0. The minimum absolute atomic E-state index is 0.235. The van der Waals surface area contributed by atoms with Gasteiger partial charge in [-0.05, 0) is 59.5 Å². The predicted octanol–water partition coefficient (Wildman–Crippen LogP) is 5.15. The van der Waals surface area contributed by atoms with Crippen molar-refractivity contribution in [2.75, 3.05) is 39.6 Å². The van der Waals surface area contributed by atoms with Crippen LogP contribution in [0.4, 0.5) is 0 Å². The van der Waals surface area contributed by atoms with E-state index in [2.05, 4.69) is 79.7 Å². The van der Waals surface area contributed by atoms with Crippen molar-refractivity contribution in [3.63, 3.8) is 0 Å². The molecule has 3 aromatic carbocycles. The van der Waals surface area contributed by atoms with E-state index in [0.29, 0.717) is 19.8 Å². The van der Waals surface area contributed by atoms with Gasteiger partial charge < -0.3 is 28.4 Å². The van der Waals surface area contributed by atoms with Gasteiger partial charge in [0.15, 0.2) is 0 Å². The zero-order valence-electron chi connectivity index (χ0n) is 21.3. The molecular formula is C31H34O6. The Balaban J connectivity index is 1.32. The normalized spacial score (nSPS) is 23.1. The van der Waals surface area contributed by atoms with Crippen molar-refractivity contribution in [2.24, 2.45) is 0 Å². The van der Waals surface area contributed by atoms with E-state index in [0.717, 1.165) is 49.9 Å². The molecule has 6 heteroatoms. The summed E-state index contributed by atoms with van der Waals surface area (Å²) < 4.78 is 33.6. The molecule has 37 heavy (non-hydrogen) atoms. The van der Waals surface area contributed by atoms with Crippen LogP contribution >= 0.6 is 0 Å². The molecule has 0 spiro atoms. The highest BCUT2D eigenvalue weighted by Crippen LogP contribution is 2.44. The van der Waals surface area contributed by atoms with E-state index in [1.54, 1.807) is 0 Å². The van der Waals surface area contributed by atoms with E-state index >= 15 is 0 Å². The summed E-state index contributed by atoms with van der Waals surface area (Å²) in [4.78, 5) is 0. The van der Waals surface area contributed by atoms with Crippen LogP contribution in [0.1, 0.15) is 36.5 Å². The molecule has 3 saturated heterocycles. The van der Waals surface area contributed by atoms with Crippen LogP contribution in [-0.4, -0.2) is 58.0 Å². The first-order valence-corrected chi connectivity index (χ1v) is 13.3. The molecule has 194 valence electrons. The number of hydrogen-bond donors (Lipinski definition) is 0. The van der Waals surface area contributed by atoms with Crippen LogP contribution in [0.25, 0.3) is 0 Å². The number of rotatable bonds is 14. The third-order valence-electron chi connectivity index (χ3n) is 7.18. The van der Waals surface area contributed by atoms with Crippen LogP contribution < -0.4 is 14.2 Å². The third kappa shape index (κ3) is 5.93. The smallest absolute Gasteiger partial charge is 0.119 e. The molecule has 6 rings (SSSR count). The van der Waals surface area contributed by atoms with Crippen LogP contribution in [0.3, 0.4) is 0 Å². The number of hydrogen-bond acceptors (Lipinski definition) is 6. The van der Waals surface area contributed by atoms with Gasteiger partial charge in [0.05, 0.1) is 19.8 Å². The second-order valence-corrected chi connectivity index (χ2v) is 10.0. The van der Waals surface area contributed by atoms with E-state index in [1.165, 1.54) is 16.7 Å². The summed E-state index contributed by atoms with van der Waals surface area (Å²) in [6, 6.07) is 25.6. The summed E-state index contributed by atoms with van der Waals surface area (Å²) in [6.07, 6.45) is 2.68. The lowest BCUT2D eigenvalue weighted by atomic mass is 9.67. The zero-order valence-corrected chi connectivity index (χ0v) is 21.3. The molecule has 3 aromatic rings. The quantitative estimate of drug-likeness (QED) is 0.224. The van der Waals surface area contributed by atoms with Crippen molar-refractivity contribution in [3.8, 4) is 17.2 Å². The maximum atomic E-state index is 5.92. The van der Waals surface area contributed by atoms with Gasteiger partial charge in [-0.3, -0.25) is 0 Å². The van der Waals surface area contributed by atoms with Gasteiger partial charge in [0.2, 0.25) is 0 Å². The monoisotopic (exact) mass is 502 g/mol. The van der Waals surface area contributed by atoms with Gasteiger partial charge in [-0.1, -0.05) is 49.7 Å². The van der Waals surface area contributed by atoms with Crippen molar-refractivity contribution >= 4 is 0 Å². The van der Waals surface area contributed by atoms with Crippen LogP contribution in [0.15, 0.2) is 72.8 Å². The van der Waals surface area contributed by atoms with Crippen molar-refractivity contribution < 1.29 is 28.4 Å². The first-order valence-electron chi connectivity index (χ1n) is 13.3. The zero-order chi connectivity index (χ0) is 25.1. The number of benzene rings is 3. The Morgan fingerprint density at radius 1 is 0.568 bits per heavy atom. The summed E-state index contributed by atoms with van der Waals surface area (Å²) in [7, 11) is 0. The van der Waals surface area contributed by atoms with Gasteiger partial charge in [-0.15, -0.1) is 0 Å². The van der Waals surface area contributed by atoms with Crippen LogP contribution in [0, 0.1) is 0 Å². The highest BCUT2D eigenvalue weighted by Gasteiger charge is 2.36. The molecule has 3 fully saturated rings. The molecule has 0 bridgehead atoms. The molecule has 0 N–H and O–H groups in total. The van der Waals surface area contributed by atoms with Crippen LogP contribution in [0.2, 0.25) is 0 Å². The molecule has 0 saturated carbocycles. The molecule has 3 atom stereocenters. The van der Waals surface area contributed by atoms with Gasteiger partial charge in [0, 0.05) is 5.41 Å². The first-order chi connectivity index (χ1) is 18.2. The van der Waals surface area contributed by atoms with Crippen LogP contribution in [-0.2, 0) is 19.6 Å². The lowest BCUT2D eigenvalue weighted by Gasteiger charge is -2.36. The Kier molecular flexibility index (Phi) is 7.05. The fourth-order valence-electron chi connectivity index (χ4n) is 4.88. The molecule has 3 aliphatic rings. The molecule has 3 unspecified atom stereocenters. The van der Waals surface area contributed by atoms with Crippen molar-refractivity contribution in [3.05, 3.63) is 89.5 Å². The summed E-state index contributed by atoms with van der Waals surface area (Å²) in [5, 5.41) is 0. The van der Waals surface area contributed by atoms with Gasteiger partial charge in [-0.2, -0.15) is 0 Å². The van der Waals surface area contributed by atoms with E-state index < -0.39 is 0 Å². The third-order valence-corrected chi connectivity index (χ3v) is 7.18. The number of epoxide rings is 3. The Morgan fingerprint density at radius 2 is 0.865 bits per heavy atom. The molecule has 6 nitrogen and oxygen atoms in total. The van der Waals surface area contributed by atoms with E-state index in [1.807, 2.05) is 0 Å². The van der Waals surface area contributed by atoms with Gasteiger partial charge in [0.1, 0.15) is 55.4 Å². The lowest BCUT2D eigenvalue weighted by Crippen LogP contribution is -2.29. The van der Waals surface area contributed by atoms with E-state index in [4.69, 9.17) is 28.4 Å². The standard InChI is InChI=1S/C31H34O6/c1-2-15-31(22-3-9-25(10-4-22)32-16-28-19-35-28,23-5-11-26(12-6-23)33-17-29-20-36-29)24-7-13-27(14-8-24)34-18-30-21-37-30/h3-14,28-30H,2,15-21H2,1H3. The molecule has 0 amide bonds. The fraction of sp³-hybridized carbons (Fsp3) is 0.419. The maximum Gasteiger partial charge on any atom is 0.119 e.